The van der Waals surface area contributed by atoms with Crippen LogP contribution in [-0.4, -0.2) is 72.3 Å². The molecule has 0 aliphatic carbocycles. The van der Waals surface area contributed by atoms with E-state index in [1.165, 1.54) is 52.0 Å². The zero-order valence-electron chi connectivity index (χ0n) is 19.7. The average Bonchev–Trinajstić information content (AvgIpc) is 2.88. The fourth-order valence-electron chi connectivity index (χ4n) is 3.99. The Morgan fingerprint density at radius 3 is 2.06 bits per heavy atom. The number of Topliss-reactive ketones (excluding diaryl/α,β-unsaturated/α-hetero) is 1. The fourth-order valence-corrected chi connectivity index (χ4v) is 3.99. The number of likely N-dealkylation sites (N-methyl/N-ethyl adjacent to an activating group) is 2. The molecule has 3 rings (SSSR count). The van der Waals surface area contributed by atoms with E-state index in [2.05, 4.69) is 34.2 Å². The van der Waals surface area contributed by atoms with Crippen LogP contribution >= 0.6 is 0 Å². The normalized spacial score (nSPS) is 14.4. The van der Waals surface area contributed by atoms with Crippen LogP contribution < -0.4 is 5.32 Å². The van der Waals surface area contributed by atoms with Crippen LogP contribution in [-0.2, 0) is 16.1 Å². The summed E-state index contributed by atoms with van der Waals surface area (Å²) in [6.07, 6.45) is 3.89. The number of hydrogen-bond donors (Lipinski definition) is 2. The molecule has 34 heavy (non-hydrogen) atoms. The van der Waals surface area contributed by atoms with Gasteiger partial charge in [-0.25, -0.2) is 0 Å². The summed E-state index contributed by atoms with van der Waals surface area (Å²) in [5, 5.41) is 11.5. The molecule has 1 aliphatic heterocycles. The van der Waals surface area contributed by atoms with Gasteiger partial charge in [-0.15, -0.1) is 0 Å². The molecule has 0 radical (unpaired) electrons. The number of nitrogens with one attached hydrogen (secondary N) is 1. The highest BCUT2D eigenvalue weighted by atomic mass is 16.3. The van der Waals surface area contributed by atoms with Crippen molar-refractivity contribution in [3.05, 3.63) is 70.8 Å². The fraction of sp³-hybridized carbons (Fsp3) is 0.370. The highest BCUT2D eigenvalue weighted by Crippen LogP contribution is 2.14. The first kappa shape index (κ1) is 25.2. The third-order valence-corrected chi connectivity index (χ3v) is 5.96. The van der Waals surface area contributed by atoms with Crippen molar-refractivity contribution in [2.45, 2.75) is 31.8 Å². The van der Waals surface area contributed by atoms with E-state index in [9.17, 15) is 14.4 Å². The van der Waals surface area contributed by atoms with Gasteiger partial charge in [0.1, 0.15) is 6.61 Å². The SMILES string of the molecule is CNC(=O)C(C(=O)CO)N(C)C(=O)c1ccc(C#Cc2ccc(CN3CCCCC3)cc2)cc1. The van der Waals surface area contributed by atoms with Crippen molar-refractivity contribution in [1.82, 2.24) is 15.1 Å². The molecule has 178 valence electrons. The zero-order valence-corrected chi connectivity index (χ0v) is 19.7. The maximum atomic E-state index is 12.8. The Hall–Kier alpha value is -3.47. The van der Waals surface area contributed by atoms with Gasteiger partial charge in [-0.2, -0.15) is 0 Å². The Balaban J connectivity index is 1.64. The second-order valence-corrected chi connectivity index (χ2v) is 8.42. The van der Waals surface area contributed by atoms with Crippen LogP contribution in [0.1, 0.15) is 46.3 Å². The number of benzene rings is 2. The van der Waals surface area contributed by atoms with E-state index in [1.54, 1.807) is 24.3 Å². The first-order valence-electron chi connectivity index (χ1n) is 11.5. The van der Waals surface area contributed by atoms with E-state index in [-0.39, 0.29) is 0 Å². The third-order valence-electron chi connectivity index (χ3n) is 5.96. The lowest BCUT2D eigenvalue weighted by Crippen LogP contribution is -2.52. The summed E-state index contributed by atoms with van der Waals surface area (Å²) < 4.78 is 0. The van der Waals surface area contributed by atoms with Crippen molar-refractivity contribution in [1.29, 1.82) is 0 Å². The Bertz CT molecular complexity index is 1050. The molecule has 2 amide bonds. The van der Waals surface area contributed by atoms with Gasteiger partial charge in [0.05, 0.1) is 0 Å². The zero-order chi connectivity index (χ0) is 24.5. The van der Waals surface area contributed by atoms with Gasteiger partial charge in [0.2, 0.25) is 5.91 Å². The first-order chi connectivity index (χ1) is 16.4. The molecule has 7 nitrogen and oxygen atoms in total. The molecule has 0 spiro atoms. The number of amides is 2. The summed E-state index contributed by atoms with van der Waals surface area (Å²) in [4.78, 5) is 40.3. The largest absolute Gasteiger partial charge is 0.388 e. The number of aliphatic hydroxyl groups is 1. The molecule has 1 unspecified atom stereocenters. The number of nitrogens with zero attached hydrogens (tertiary/aromatic N) is 2. The molecule has 2 aromatic carbocycles. The second-order valence-electron chi connectivity index (χ2n) is 8.42. The minimum atomic E-state index is -1.39. The molecule has 0 saturated carbocycles. The van der Waals surface area contributed by atoms with E-state index in [1.807, 2.05) is 12.1 Å². The van der Waals surface area contributed by atoms with Crippen LogP contribution in [0.4, 0.5) is 0 Å². The first-order valence-corrected chi connectivity index (χ1v) is 11.5. The lowest BCUT2D eigenvalue weighted by molar-refractivity contribution is -0.135. The number of aliphatic hydroxyl groups excluding tert-OH is 1. The van der Waals surface area contributed by atoms with Crippen LogP contribution in [0.25, 0.3) is 0 Å². The van der Waals surface area contributed by atoms with Gasteiger partial charge in [-0.3, -0.25) is 19.3 Å². The van der Waals surface area contributed by atoms with Crippen molar-refractivity contribution in [2.24, 2.45) is 0 Å². The summed E-state index contributed by atoms with van der Waals surface area (Å²) in [5.74, 6) is 4.34. The molecule has 1 heterocycles. The van der Waals surface area contributed by atoms with Crippen molar-refractivity contribution in [3.63, 3.8) is 0 Å². The van der Waals surface area contributed by atoms with Crippen LogP contribution in [0.2, 0.25) is 0 Å². The standard InChI is InChI=1S/C27H31N3O4/c1-28-26(33)25(24(32)19-31)29(2)27(34)23-14-12-21(13-15-23)7-6-20-8-10-22(11-9-20)18-30-16-4-3-5-17-30/h8-15,25,31H,3-5,16-19H2,1-2H3,(H,28,33). The van der Waals surface area contributed by atoms with Crippen LogP contribution in [0, 0.1) is 11.8 Å². The predicted octanol–water partition coefficient (Wildman–Crippen LogP) is 1.82. The minimum Gasteiger partial charge on any atom is -0.388 e. The van der Waals surface area contributed by atoms with Gasteiger partial charge in [0.25, 0.3) is 5.91 Å². The highest BCUT2D eigenvalue weighted by Gasteiger charge is 2.32. The smallest absolute Gasteiger partial charge is 0.254 e. The average molecular weight is 462 g/mol. The van der Waals surface area contributed by atoms with Crippen LogP contribution in [0.3, 0.4) is 0 Å². The van der Waals surface area contributed by atoms with Crippen LogP contribution in [0.15, 0.2) is 48.5 Å². The van der Waals surface area contributed by atoms with Crippen molar-refractivity contribution in [3.8, 4) is 11.8 Å². The number of carbonyl (C=O) groups is 3. The molecule has 2 aromatic rings. The summed E-state index contributed by atoms with van der Waals surface area (Å²) >= 11 is 0. The van der Waals surface area contributed by atoms with E-state index in [4.69, 9.17) is 5.11 Å². The molecule has 1 saturated heterocycles. The van der Waals surface area contributed by atoms with E-state index in [0.717, 1.165) is 22.6 Å². The molecule has 1 fully saturated rings. The molecule has 7 heteroatoms. The lowest BCUT2D eigenvalue weighted by atomic mass is 10.1. The quantitative estimate of drug-likeness (QED) is 0.485. The Morgan fingerprint density at radius 2 is 1.53 bits per heavy atom. The number of carbonyl (C=O) groups excluding carboxylic acids is 3. The molecular weight excluding hydrogens is 430 g/mol. The number of ketones is 1. The van der Waals surface area contributed by atoms with E-state index < -0.39 is 30.2 Å². The highest BCUT2D eigenvalue weighted by molar-refractivity contribution is 6.10. The molecule has 1 aliphatic rings. The summed E-state index contributed by atoms with van der Waals surface area (Å²) in [6, 6.07) is 13.6. The van der Waals surface area contributed by atoms with Crippen molar-refractivity contribution < 1.29 is 19.5 Å². The van der Waals surface area contributed by atoms with E-state index >= 15 is 0 Å². The Kier molecular flexibility index (Phi) is 8.97. The van der Waals surface area contributed by atoms with E-state index in [0.29, 0.717) is 5.56 Å². The third kappa shape index (κ3) is 6.53. The maximum absolute atomic E-state index is 12.8. The Morgan fingerprint density at radius 1 is 0.971 bits per heavy atom. The number of likely N-dealkylation sites (tertiary alicyclic amines) is 1. The number of rotatable bonds is 7. The van der Waals surface area contributed by atoms with Gasteiger partial charge in [0, 0.05) is 37.3 Å². The van der Waals surface area contributed by atoms with Gasteiger partial charge >= 0.3 is 0 Å². The van der Waals surface area contributed by atoms with Crippen molar-refractivity contribution >= 4 is 17.6 Å². The van der Waals surface area contributed by atoms with Gasteiger partial charge in [-0.05, 0) is 67.9 Å². The molecule has 1 atom stereocenters. The molecule has 0 bridgehead atoms. The number of piperidine rings is 1. The van der Waals surface area contributed by atoms with Gasteiger partial charge < -0.3 is 15.3 Å². The lowest BCUT2D eigenvalue weighted by Gasteiger charge is -2.26. The molecular formula is C27H31N3O4. The number of hydrogen-bond acceptors (Lipinski definition) is 5. The van der Waals surface area contributed by atoms with Crippen molar-refractivity contribution in [2.75, 3.05) is 33.8 Å². The summed E-state index contributed by atoms with van der Waals surface area (Å²) in [6.45, 7) is 2.48. The topological polar surface area (TPSA) is 90.0 Å². The van der Waals surface area contributed by atoms with Gasteiger partial charge in [-0.1, -0.05) is 30.4 Å². The summed E-state index contributed by atoms with van der Waals surface area (Å²) in [5.41, 5.74) is 3.26. The monoisotopic (exact) mass is 461 g/mol. The van der Waals surface area contributed by atoms with Gasteiger partial charge in [0.15, 0.2) is 11.8 Å². The maximum Gasteiger partial charge on any atom is 0.254 e. The van der Waals surface area contributed by atoms with Crippen LogP contribution in [0.5, 0.6) is 0 Å². The molecule has 2 N–H and O–H groups in total. The minimum absolute atomic E-state index is 0.315. The summed E-state index contributed by atoms with van der Waals surface area (Å²) in [7, 11) is 2.73. The second kappa shape index (κ2) is 12.1. The predicted molar refractivity (Wildman–Crippen MR) is 130 cm³/mol. The molecule has 0 aromatic heterocycles. The Labute approximate surface area is 200 Å².